The van der Waals surface area contributed by atoms with Crippen LogP contribution in [0.1, 0.15) is 94.9 Å². The zero-order valence-corrected chi connectivity index (χ0v) is 28.2. The molecule has 0 bridgehead atoms. The maximum Gasteiger partial charge on any atom is 0.0931 e. The average Bonchev–Trinajstić information content (AvgIpc) is 2.83. The lowest BCUT2D eigenvalue weighted by Gasteiger charge is -2.43. The van der Waals surface area contributed by atoms with Gasteiger partial charge in [0, 0.05) is 23.0 Å². The Morgan fingerprint density at radius 1 is 0.721 bits per heavy atom. The molecule has 0 spiro atoms. The van der Waals surface area contributed by atoms with Crippen LogP contribution in [0.25, 0.3) is 0 Å². The predicted molar refractivity (Wildman–Crippen MR) is 183 cm³/mol. The van der Waals surface area contributed by atoms with E-state index in [1.165, 1.54) is 5.57 Å². The summed E-state index contributed by atoms with van der Waals surface area (Å²) in [6, 6.07) is 0. The Kier molecular flexibility index (Phi) is 13.1. The number of hydrogen-bond acceptors (Lipinski definition) is 3. The summed E-state index contributed by atoms with van der Waals surface area (Å²) >= 11 is 0. The van der Waals surface area contributed by atoms with Crippen LogP contribution in [0.3, 0.4) is 0 Å². The Bertz CT molecular complexity index is 1370. The third-order valence-electron chi connectivity index (χ3n) is 8.07. The number of rotatable bonds is 7. The van der Waals surface area contributed by atoms with Crippen LogP contribution in [0.4, 0.5) is 0 Å². The van der Waals surface area contributed by atoms with Crippen molar-refractivity contribution in [2.24, 2.45) is 10.8 Å². The summed E-state index contributed by atoms with van der Waals surface area (Å²) in [6.45, 7) is 20.4. The summed E-state index contributed by atoms with van der Waals surface area (Å²) < 4.78 is 0. The van der Waals surface area contributed by atoms with Crippen LogP contribution in [0, 0.1) is 22.7 Å². The number of aliphatic hydroxyl groups is 3. The van der Waals surface area contributed by atoms with Gasteiger partial charge in [0.1, 0.15) is 0 Å². The van der Waals surface area contributed by atoms with Gasteiger partial charge in [0.25, 0.3) is 0 Å². The van der Waals surface area contributed by atoms with E-state index in [2.05, 4.69) is 76.5 Å². The normalized spacial score (nSPS) is 27.1. The van der Waals surface area contributed by atoms with E-state index in [-0.39, 0.29) is 16.9 Å². The lowest BCUT2D eigenvalue weighted by molar-refractivity contribution is -0.0268. The van der Waals surface area contributed by atoms with Crippen LogP contribution in [0.2, 0.25) is 0 Å². The first-order chi connectivity index (χ1) is 19.9. The van der Waals surface area contributed by atoms with Crippen molar-refractivity contribution in [2.45, 2.75) is 113 Å². The van der Waals surface area contributed by atoms with Crippen molar-refractivity contribution in [2.75, 3.05) is 0 Å². The summed E-state index contributed by atoms with van der Waals surface area (Å²) in [4.78, 5) is 0. The predicted octanol–water partition coefficient (Wildman–Crippen LogP) is 8.95. The molecule has 1 fully saturated rings. The Balaban J connectivity index is 1.97. The molecule has 0 saturated heterocycles. The minimum Gasteiger partial charge on any atom is -0.393 e. The molecule has 2 aliphatic rings. The minimum atomic E-state index is -1.05. The molecule has 43 heavy (non-hydrogen) atoms. The Labute approximate surface area is 261 Å². The number of allylic oxidation sites excluding steroid dienone is 15. The van der Waals surface area contributed by atoms with E-state index in [9.17, 15) is 15.3 Å². The molecule has 232 valence electrons. The fraction of sp³-hybridized carbons (Fsp3) is 0.475. The molecule has 0 radical (unpaired) electrons. The second-order valence-electron chi connectivity index (χ2n) is 13.9. The minimum absolute atomic E-state index is 0.0907. The lowest BCUT2D eigenvalue weighted by Crippen LogP contribution is -2.45. The largest absolute Gasteiger partial charge is 0.393 e. The van der Waals surface area contributed by atoms with Crippen molar-refractivity contribution < 1.29 is 15.3 Å². The van der Waals surface area contributed by atoms with Gasteiger partial charge in [0.15, 0.2) is 0 Å². The lowest BCUT2D eigenvalue weighted by atomic mass is 9.65. The van der Waals surface area contributed by atoms with Gasteiger partial charge in [-0.1, -0.05) is 117 Å². The first kappa shape index (κ1) is 36.1. The molecule has 3 atom stereocenters. The number of hydrogen-bond donors (Lipinski definition) is 3. The van der Waals surface area contributed by atoms with E-state index in [0.29, 0.717) is 19.3 Å². The smallest absolute Gasteiger partial charge is 0.0931 e. The number of aliphatic hydroxyl groups excluding tert-OH is 2. The van der Waals surface area contributed by atoms with Crippen LogP contribution in [-0.4, -0.2) is 33.1 Å². The van der Waals surface area contributed by atoms with Crippen LogP contribution in [0.5, 0.6) is 0 Å². The van der Waals surface area contributed by atoms with E-state index >= 15 is 0 Å². The van der Waals surface area contributed by atoms with Crippen molar-refractivity contribution in [3.05, 3.63) is 112 Å². The van der Waals surface area contributed by atoms with Gasteiger partial charge in [-0.3, -0.25) is 0 Å². The third kappa shape index (κ3) is 11.8. The van der Waals surface area contributed by atoms with Gasteiger partial charge in [-0.05, 0) is 83.4 Å². The van der Waals surface area contributed by atoms with Crippen molar-refractivity contribution in [3.63, 3.8) is 0 Å². The molecule has 3 N–H and O–H groups in total. The molecular formula is C40H54O3. The van der Waals surface area contributed by atoms with Gasteiger partial charge in [-0.15, -0.1) is 5.73 Å². The average molecular weight is 583 g/mol. The molecule has 3 heteroatoms. The molecule has 0 aromatic rings. The fourth-order valence-corrected chi connectivity index (χ4v) is 6.13. The quantitative estimate of drug-likeness (QED) is 0.160. The molecule has 0 aromatic carbocycles. The SMILES string of the molecule is CC1=C(C#C/C(C)=C/C=C/C(C)=C/C=C/C=C(C)/C=C/C=C(\C)C=C=C2C(C)(C)C[C@H](O)C[C@@]2(C)O)C(C)(C)C[C@H](O)C1. The van der Waals surface area contributed by atoms with E-state index in [4.69, 9.17) is 0 Å². The van der Waals surface area contributed by atoms with Crippen molar-refractivity contribution in [3.8, 4) is 11.8 Å². The van der Waals surface area contributed by atoms with Crippen LogP contribution in [-0.2, 0) is 0 Å². The summed E-state index contributed by atoms with van der Waals surface area (Å²) in [5.41, 5.74) is 9.40. The summed E-state index contributed by atoms with van der Waals surface area (Å²) in [7, 11) is 0. The molecular weight excluding hydrogens is 528 g/mol. The standard InChI is InChI=1S/C40H54O3/c1-29(17-13-19-31(3)21-23-36-33(5)25-34(41)26-38(36,6)7)15-11-12-16-30(2)18-14-20-32(4)22-24-37-39(8,9)27-35(42)28-40(37,10)43/h11-20,22,34-35,41-43H,25-28H2,1-10H3/b12-11+,17-13+,18-14+,29-15+,30-16+,31-19+,32-20+/t24?,34-,35+,40-/m1/s1. The van der Waals surface area contributed by atoms with Gasteiger partial charge in [-0.25, -0.2) is 0 Å². The van der Waals surface area contributed by atoms with Crippen LogP contribution < -0.4 is 0 Å². The summed E-state index contributed by atoms with van der Waals surface area (Å²) in [6.07, 6.45) is 24.0. The molecule has 0 aliphatic heterocycles. The molecule has 0 aromatic heterocycles. The van der Waals surface area contributed by atoms with Gasteiger partial charge in [0.2, 0.25) is 0 Å². The molecule has 3 nitrogen and oxygen atoms in total. The van der Waals surface area contributed by atoms with Crippen molar-refractivity contribution in [1.29, 1.82) is 0 Å². The highest BCUT2D eigenvalue weighted by Crippen LogP contribution is 2.45. The zero-order valence-electron chi connectivity index (χ0n) is 28.2. The second-order valence-corrected chi connectivity index (χ2v) is 13.9. The highest BCUT2D eigenvalue weighted by Gasteiger charge is 2.44. The molecule has 2 rings (SSSR count). The maximum atomic E-state index is 10.8. The van der Waals surface area contributed by atoms with Gasteiger partial charge < -0.3 is 15.3 Å². The van der Waals surface area contributed by atoms with E-state index in [1.54, 1.807) is 6.92 Å². The third-order valence-corrected chi connectivity index (χ3v) is 8.07. The molecule has 0 heterocycles. The van der Waals surface area contributed by atoms with E-state index in [1.807, 2.05) is 70.2 Å². The summed E-state index contributed by atoms with van der Waals surface area (Å²) in [5, 5.41) is 31.0. The molecule has 2 aliphatic carbocycles. The van der Waals surface area contributed by atoms with Crippen molar-refractivity contribution >= 4 is 0 Å². The Morgan fingerprint density at radius 2 is 1.26 bits per heavy atom. The first-order valence-corrected chi connectivity index (χ1v) is 15.4. The molecule has 1 saturated carbocycles. The Hall–Kier alpha value is -3.12. The zero-order chi connectivity index (χ0) is 32.4. The van der Waals surface area contributed by atoms with Crippen LogP contribution in [0.15, 0.2) is 112 Å². The van der Waals surface area contributed by atoms with Gasteiger partial charge in [0.05, 0.1) is 17.8 Å². The van der Waals surface area contributed by atoms with Gasteiger partial charge >= 0.3 is 0 Å². The van der Waals surface area contributed by atoms with Gasteiger partial charge in [-0.2, -0.15) is 0 Å². The van der Waals surface area contributed by atoms with Crippen LogP contribution >= 0.6 is 0 Å². The second kappa shape index (κ2) is 15.6. The topological polar surface area (TPSA) is 60.7 Å². The Morgan fingerprint density at radius 3 is 1.81 bits per heavy atom. The summed E-state index contributed by atoms with van der Waals surface area (Å²) in [5.74, 6) is 6.66. The van der Waals surface area contributed by atoms with Crippen molar-refractivity contribution in [1.82, 2.24) is 0 Å². The highest BCUT2D eigenvalue weighted by atomic mass is 16.3. The molecule has 0 amide bonds. The van der Waals surface area contributed by atoms with E-state index < -0.39 is 11.7 Å². The monoisotopic (exact) mass is 582 g/mol. The highest BCUT2D eigenvalue weighted by molar-refractivity contribution is 5.45. The van der Waals surface area contributed by atoms with E-state index in [0.717, 1.165) is 39.9 Å². The maximum absolute atomic E-state index is 10.8. The fourth-order valence-electron chi connectivity index (χ4n) is 6.13. The first-order valence-electron chi connectivity index (χ1n) is 15.4. The molecule has 0 unspecified atom stereocenters.